The van der Waals surface area contributed by atoms with Crippen molar-refractivity contribution in [2.75, 3.05) is 21.9 Å². The van der Waals surface area contributed by atoms with Crippen LogP contribution in [-0.4, -0.2) is 26.6 Å². The normalized spacial score (nSPS) is 16.3. The van der Waals surface area contributed by atoms with Gasteiger partial charge in [0.25, 0.3) is 5.91 Å². The molecule has 1 aliphatic rings. The number of rotatable bonds is 3. The number of amides is 1. The van der Waals surface area contributed by atoms with Crippen LogP contribution in [0.15, 0.2) is 36.4 Å². The molecule has 0 radical (unpaired) electrons. The molecule has 3 rings (SSSR count). The summed E-state index contributed by atoms with van der Waals surface area (Å²) in [5.41, 5.74) is 2.17. The summed E-state index contributed by atoms with van der Waals surface area (Å²) in [5.74, 6) is -0.188. The Morgan fingerprint density at radius 3 is 2.58 bits per heavy atom. The number of halogens is 2. The molecule has 1 aliphatic heterocycles. The van der Waals surface area contributed by atoms with Gasteiger partial charge in [0.05, 0.1) is 22.2 Å². The van der Waals surface area contributed by atoms with Crippen LogP contribution in [-0.2, 0) is 10.0 Å². The highest BCUT2D eigenvalue weighted by Crippen LogP contribution is 2.29. The van der Waals surface area contributed by atoms with Crippen LogP contribution in [0.3, 0.4) is 0 Å². The predicted molar refractivity (Wildman–Crippen MR) is 106 cm³/mol. The number of carbonyl (C=O) groups excluding carboxylic acids is 1. The van der Waals surface area contributed by atoms with Crippen molar-refractivity contribution in [2.24, 2.45) is 0 Å². The van der Waals surface area contributed by atoms with Gasteiger partial charge in [0.1, 0.15) is 0 Å². The third-order valence-electron chi connectivity index (χ3n) is 4.25. The topological polar surface area (TPSA) is 66.5 Å². The van der Waals surface area contributed by atoms with Crippen LogP contribution in [0.5, 0.6) is 0 Å². The van der Waals surface area contributed by atoms with Crippen molar-refractivity contribution in [3.8, 4) is 0 Å². The first-order valence-corrected chi connectivity index (χ1v) is 10.5. The third-order valence-corrected chi connectivity index (χ3v) is 6.67. The summed E-state index contributed by atoms with van der Waals surface area (Å²) in [7, 11) is -3.29. The van der Waals surface area contributed by atoms with E-state index in [1.165, 1.54) is 4.31 Å². The number of anilines is 2. The summed E-state index contributed by atoms with van der Waals surface area (Å²) < 4.78 is 26.0. The van der Waals surface area contributed by atoms with Gasteiger partial charge in [-0.1, -0.05) is 23.2 Å². The molecule has 26 heavy (non-hydrogen) atoms. The van der Waals surface area contributed by atoms with Gasteiger partial charge in [0.15, 0.2) is 0 Å². The van der Waals surface area contributed by atoms with Crippen LogP contribution in [0.1, 0.15) is 28.8 Å². The Kier molecular flexibility index (Phi) is 5.46. The second kappa shape index (κ2) is 7.47. The maximum Gasteiger partial charge on any atom is 0.255 e. The molecule has 1 N–H and O–H groups in total. The monoisotopic (exact) mass is 412 g/mol. The first-order valence-electron chi connectivity index (χ1n) is 8.15. The molecule has 1 saturated heterocycles. The highest BCUT2D eigenvalue weighted by atomic mass is 35.5. The van der Waals surface area contributed by atoms with E-state index in [1.807, 2.05) is 0 Å². The molecule has 8 heteroatoms. The predicted octanol–water partition coefficient (Wildman–Crippen LogP) is 4.48. The SMILES string of the molecule is Cc1cc(C(=O)Nc2cc(Cl)ccc2Cl)ccc1N1CCCCS1(=O)=O. The smallest absolute Gasteiger partial charge is 0.255 e. The van der Waals surface area contributed by atoms with Crippen molar-refractivity contribution < 1.29 is 13.2 Å². The van der Waals surface area contributed by atoms with Gasteiger partial charge in [-0.15, -0.1) is 0 Å². The lowest BCUT2D eigenvalue weighted by Crippen LogP contribution is -2.38. The molecule has 0 unspecified atom stereocenters. The minimum Gasteiger partial charge on any atom is -0.321 e. The van der Waals surface area contributed by atoms with Crippen LogP contribution in [0.25, 0.3) is 0 Å². The molecular formula is C18H18Cl2N2O3S. The number of benzene rings is 2. The van der Waals surface area contributed by atoms with Crippen molar-refractivity contribution in [1.82, 2.24) is 0 Å². The quantitative estimate of drug-likeness (QED) is 0.807. The van der Waals surface area contributed by atoms with Crippen molar-refractivity contribution in [2.45, 2.75) is 19.8 Å². The summed E-state index contributed by atoms with van der Waals surface area (Å²) in [6.07, 6.45) is 1.51. The minimum atomic E-state index is -3.29. The Hall–Kier alpha value is -1.76. The molecule has 2 aromatic rings. The van der Waals surface area contributed by atoms with Crippen LogP contribution in [0.2, 0.25) is 10.0 Å². The first kappa shape index (κ1) is 19.0. The Morgan fingerprint density at radius 1 is 1.12 bits per heavy atom. The third kappa shape index (κ3) is 3.98. The van der Waals surface area contributed by atoms with Gasteiger partial charge in [-0.25, -0.2) is 8.42 Å². The number of nitrogens with zero attached hydrogens (tertiary/aromatic N) is 1. The van der Waals surface area contributed by atoms with E-state index in [9.17, 15) is 13.2 Å². The lowest BCUT2D eigenvalue weighted by atomic mass is 10.1. The van der Waals surface area contributed by atoms with E-state index in [0.29, 0.717) is 39.9 Å². The second-order valence-electron chi connectivity index (χ2n) is 6.17. The Morgan fingerprint density at radius 2 is 1.88 bits per heavy atom. The summed E-state index contributed by atoms with van der Waals surface area (Å²) in [6, 6.07) is 9.77. The second-order valence-corrected chi connectivity index (χ2v) is 9.03. The number of hydrogen-bond donors (Lipinski definition) is 1. The molecule has 0 saturated carbocycles. The lowest BCUT2D eigenvalue weighted by Gasteiger charge is -2.29. The van der Waals surface area contributed by atoms with E-state index in [2.05, 4.69) is 5.32 Å². The first-order chi connectivity index (χ1) is 12.3. The molecule has 1 heterocycles. The average molecular weight is 413 g/mol. The minimum absolute atomic E-state index is 0.155. The molecular weight excluding hydrogens is 395 g/mol. The number of carbonyl (C=O) groups is 1. The van der Waals surface area contributed by atoms with Crippen LogP contribution < -0.4 is 9.62 Å². The maximum absolute atomic E-state index is 12.5. The Bertz CT molecular complexity index is 961. The lowest BCUT2D eigenvalue weighted by molar-refractivity contribution is 0.102. The summed E-state index contributed by atoms with van der Waals surface area (Å²) in [6.45, 7) is 2.26. The Balaban J connectivity index is 1.85. The molecule has 0 atom stereocenters. The molecule has 1 fully saturated rings. The van der Waals surface area contributed by atoms with Gasteiger partial charge in [0.2, 0.25) is 10.0 Å². The maximum atomic E-state index is 12.5. The van der Waals surface area contributed by atoms with Crippen LogP contribution >= 0.6 is 23.2 Å². The fourth-order valence-electron chi connectivity index (χ4n) is 2.92. The zero-order valence-electron chi connectivity index (χ0n) is 14.1. The van der Waals surface area contributed by atoms with E-state index in [0.717, 1.165) is 12.0 Å². The summed E-state index contributed by atoms with van der Waals surface area (Å²) in [4.78, 5) is 12.5. The van der Waals surface area contributed by atoms with Gasteiger partial charge >= 0.3 is 0 Å². The molecule has 0 aromatic heterocycles. The highest BCUT2D eigenvalue weighted by Gasteiger charge is 2.27. The van der Waals surface area contributed by atoms with Gasteiger partial charge in [-0.2, -0.15) is 0 Å². The summed E-state index contributed by atoms with van der Waals surface area (Å²) in [5, 5.41) is 3.57. The van der Waals surface area contributed by atoms with E-state index in [4.69, 9.17) is 23.2 Å². The average Bonchev–Trinajstić information content (AvgIpc) is 2.58. The fraction of sp³-hybridized carbons (Fsp3) is 0.278. The van der Waals surface area contributed by atoms with Crippen molar-refractivity contribution in [3.63, 3.8) is 0 Å². The van der Waals surface area contributed by atoms with Crippen molar-refractivity contribution in [3.05, 3.63) is 57.6 Å². The van der Waals surface area contributed by atoms with E-state index >= 15 is 0 Å². The van der Waals surface area contributed by atoms with E-state index in [-0.39, 0.29) is 11.7 Å². The van der Waals surface area contributed by atoms with E-state index in [1.54, 1.807) is 43.3 Å². The highest BCUT2D eigenvalue weighted by molar-refractivity contribution is 7.92. The molecule has 138 valence electrons. The fourth-order valence-corrected chi connectivity index (χ4v) is 4.96. The molecule has 0 aliphatic carbocycles. The molecule has 5 nitrogen and oxygen atoms in total. The summed E-state index contributed by atoms with van der Waals surface area (Å²) >= 11 is 12.0. The van der Waals surface area contributed by atoms with Gasteiger partial charge in [-0.05, 0) is 61.7 Å². The number of nitrogens with one attached hydrogen (secondary N) is 1. The Labute approximate surface area is 163 Å². The zero-order valence-corrected chi connectivity index (χ0v) is 16.5. The zero-order chi connectivity index (χ0) is 18.9. The number of aryl methyl sites for hydroxylation is 1. The van der Waals surface area contributed by atoms with Crippen molar-refractivity contribution in [1.29, 1.82) is 0 Å². The van der Waals surface area contributed by atoms with Gasteiger partial charge < -0.3 is 5.32 Å². The number of sulfonamides is 1. The van der Waals surface area contributed by atoms with Crippen LogP contribution in [0, 0.1) is 6.92 Å². The number of hydrogen-bond acceptors (Lipinski definition) is 3. The largest absolute Gasteiger partial charge is 0.321 e. The van der Waals surface area contributed by atoms with Gasteiger partial charge in [0, 0.05) is 17.1 Å². The van der Waals surface area contributed by atoms with Gasteiger partial charge in [-0.3, -0.25) is 9.10 Å². The van der Waals surface area contributed by atoms with Crippen LogP contribution in [0.4, 0.5) is 11.4 Å². The molecule has 0 bridgehead atoms. The molecule has 1 amide bonds. The molecule has 0 spiro atoms. The van der Waals surface area contributed by atoms with E-state index < -0.39 is 10.0 Å². The standard InChI is InChI=1S/C18H18Cl2N2O3S/c1-12-10-13(18(23)21-16-11-14(19)5-6-15(16)20)4-7-17(12)22-8-2-3-9-26(22,24)25/h4-7,10-11H,2-3,8-9H2,1H3,(H,21,23). The molecule has 2 aromatic carbocycles. The van der Waals surface area contributed by atoms with Crippen molar-refractivity contribution >= 4 is 50.5 Å².